The van der Waals surface area contributed by atoms with Gasteiger partial charge in [0.05, 0.1) is 13.0 Å². The van der Waals surface area contributed by atoms with Crippen molar-refractivity contribution < 1.29 is 14.3 Å². The van der Waals surface area contributed by atoms with Crippen molar-refractivity contribution >= 4 is 29.1 Å². The van der Waals surface area contributed by atoms with Gasteiger partial charge in [-0.05, 0) is 49.2 Å². The van der Waals surface area contributed by atoms with E-state index in [1.165, 1.54) is 0 Å². The number of amides is 2. The topological polar surface area (TPSA) is 53.1 Å². The molecule has 0 saturated carbocycles. The number of likely N-dealkylation sites (tertiary alicyclic amines) is 1. The number of methoxy groups -OCH3 is 1. The minimum absolute atomic E-state index is 0.0305. The molecule has 2 heterocycles. The maximum Gasteiger partial charge on any atom is 0.253 e. The van der Waals surface area contributed by atoms with E-state index in [9.17, 15) is 9.59 Å². The average Bonchev–Trinajstić information content (AvgIpc) is 2.84. The minimum Gasteiger partial charge on any atom is -0.497 e. The van der Waals surface area contributed by atoms with Crippen LogP contribution in [-0.4, -0.2) is 68.0 Å². The van der Waals surface area contributed by atoms with Crippen molar-refractivity contribution in [2.75, 3.05) is 51.3 Å². The van der Waals surface area contributed by atoms with Crippen molar-refractivity contribution in [3.63, 3.8) is 0 Å². The molecule has 2 aromatic carbocycles. The molecule has 0 radical (unpaired) electrons. The SMILES string of the molecule is COc1cccc(N2CCN(C(=O)[C@@H]3CCCN(C(=O)c4ccc(Cl)cc4)C3)CC2)c1. The van der Waals surface area contributed by atoms with Crippen LogP contribution in [0.1, 0.15) is 23.2 Å². The largest absolute Gasteiger partial charge is 0.497 e. The van der Waals surface area contributed by atoms with E-state index in [2.05, 4.69) is 11.0 Å². The molecule has 31 heavy (non-hydrogen) atoms. The van der Waals surface area contributed by atoms with E-state index in [1.54, 1.807) is 31.4 Å². The smallest absolute Gasteiger partial charge is 0.253 e. The highest BCUT2D eigenvalue weighted by molar-refractivity contribution is 6.30. The molecule has 2 aromatic rings. The number of nitrogens with zero attached hydrogens (tertiary/aromatic N) is 3. The van der Waals surface area contributed by atoms with Crippen LogP contribution in [0.4, 0.5) is 5.69 Å². The zero-order valence-electron chi connectivity index (χ0n) is 17.8. The fourth-order valence-electron chi connectivity index (χ4n) is 4.39. The van der Waals surface area contributed by atoms with Gasteiger partial charge in [-0.3, -0.25) is 9.59 Å². The molecule has 2 aliphatic heterocycles. The van der Waals surface area contributed by atoms with E-state index in [-0.39, 0.29) is 17.7 Å². The van der Waals surface area contributed by atoms with Crippen molar-refractivity contribution in [1.29, 1.82) is 0 Å². The summed E-state index contributed by atoms with van der Waals surface area (Å²) in [7, 11) is 1.67. The van der Waals surface area contributed by atoms with E-state index >= 15 is 0 Å². The summed E-state index contributed by atoms with van der Waals surface area (Å²) in [6.45, 7) is 4.14. The van der Waals surface area contributed by atoms with Gasteiger partial charge >= 0.3 is 0 Å². The first-order chi connectivity index (χ1) is 15.0. The Morgan fingerprint density at radius 2 is 1.71 bits per heavy atom. The number of rotatable bonds is 4. The summed E-state index contributed by atoms with van der Waals surface area (Å²) in [4.78, 5) is 32.1. The fraction of sp³-hybridized carbons (Fsp3) is 0.417. The number of ether oxygens (including phenoxy) is 1. The summed E-state index contributed by atoms with van der Waals surface area (Å²) in [5, 5.41) is 0.608. The third kappa shape index (κ3) is 4.96. The van der Waals surface area contributed by atoms with Gasteiger partial charge in [0.1, 0.15) is 5.75 Å². The summed E-state index contributed by atoms with van der Waals surface area (Å²) in [6, 6.07) is 15.0. The van der Waals surface area contributed by atoms with Crippen LogP contribution in [0.3, 0.4) is 0 Å². The Kier molecular flexibility index (Phi) is 6.66. The molecule has 0 N–H and O–H groups in total. The van der Waals surface area contributed by atoms with Gasteiger partial charge in [0.2, 0.25) is 5.91 Å². The Hall–Kier alpha value is -2.73. The molecule has 164 valence electrons. The molecule has 0 aliphatic carbocycles. The number of piperazine rings is 1. The second kappa shape index (κ2) is 9.60. The monoisotopic (exact) mass is 441 g/mol. The molecule has 6 nitrogen and oxygen atoms in total. The number of hydrogen-bond acceptors (Lipinski definition) is 4. The molecule has 2 fully saturated rings. The van der Waals surface area contributed by atoms with Gasteiger partial charge < -0.3 is 19.4 Å². The zero-order chi connectivity index (χ0) is 21.8. The van der Waals surface area contributed by atoms with Gasteiger partial charge in [0.25, 0.3) is 5.91 Å². The van der Waals surface area contributed by atoms with E-state index in [4.69, 9.17) is 16.3 Å². The van der Waals surface area contributed by atoms with Crippen molar-refractivity contribution in [3.05, 3.63) is 59.1 Å². The Balaban J connectivity index is 1.34. The van der Waals surface area contributed by atoms with Crippen LogP contribution in [0.2, 0.25) is 5.02 Å². The summed E-state index contributed by atoms with van der Waals surface area (Å²) in [6.07, 6.45) is 1.68. The molecule has 4 rings (SSSR count). The van der Waals surface area contributed by atoms with Crippen LogP contribution in [0, 0.1) is 5.92 Å². The predicted octanol–water partition coefficient (Wildman–Crippen LogP) is 3.55. The lowest BCUT2D eigenvalue weighted by Crippen LogP contribution is -2.53. The van der Waals surface area contributed by atoms with Crippen molar-refractivity contribution in [1.82, 2.24) is 9.80 Å². The summed E-state index contributed by atoms with van der Waals surface area (Å²) < 4.78 is 5.32. The Morgan fingerprint density at radius 1 is 0.968 bits per heavy atom. The molecular weight excluding hydrogens is 414 g/mol. The van der Waals surface area contributed by atoms with E-state index < -0.39 is 0 Å². The predicted molar refractivity (Wildman–Crippen MR) is 122 cm³/mol. The lowest BCUT2D eigenvalue weighted by molar-refractivity contribution is -0.137. The molecular formula is C24H28ClN3O3. The first kappa shape index (κ1) is 21.5. The standard InChI is InChI=1S/C24H28ClN3O3/c1-31-22-6-2-5-21(16-22)26-12-14-27(15-13-26)24(30)19-4-3-11-28(17-19)23(29)18-7-9-20(25)10-8-18/h2,5-10,16,19H,3-4,11-15,17H2,1H3/t19-/m1/s1. The number of carbonyl (C=O) groups excluding carboxylic acids is 2. The van der Waals surface area contributed by atoms with E-state index in [0.717, 1.165) is 37.4 Å². The van der Waals surface area contributed by atoms with Crippen LogP contribution < -0.4 is 9.64 Å². The summed E-state index contributed by atoms with van der Waals surface area (Å²) in [5.41, 5.74) is 1.73. The molecule has 2 amide bonds. The van der Waals surface area contributed by atoms with Crippen LogP contribution in [0.15, 0.2) is 48.5 Å². The Labute approximate surface area is 188 Å². The summed E-state index contributed by atoms with van der Waals surface area (Å²) >= 11 is 5.93. The van der Waals surface area contributed by atoms with Crippen molar-refractivity contribution in [2.24, 2.45) is 5.92 Å². The Bertz CT molecular complexity index is 926. The molecule has 2 saturated heterocycles. The third-order valence-electron chi connectivity index (χ3n) is 6.16. The average molecular weight is 442 g/mol. The normalized spacial score (nSPS) is 19.3. The maximum absolute atomic E-state index is 13.2. The van der Waals surface area contributed by atoms with Gasteiger partial charge in [0, 0.05) is 61.6 Å². The molecule has 0 unspecified atom stereocenters. The number of halogens is 1. The molecule has 0 spiro atoms. The van der Waals surface area contributed by atoms with E-state index in [1.807, 2.05) is 28.0 Å². The van der Waals surface area contributed by atoms with Crippen LogP contribution in [0.25, 0.3) is 0 Å². The second-order valence-electron chi connectivity index (χ2n) is 8.11. The minimum atomic E-state index is -0.131. The van der Waals surface area contributed by atoms with Gasteiger partial charge in [-0.15, -0.1) is 0 Å². The number of piperidine rings is 1. The molecule has 1 atom stereocenters. The quantitative estimate of drug-likeness (QED) is 0.728. The first-order valence-electron chi connectivity index (χ1n) is 10.8. The number of hydrogen-bond donors (Lipinski definition) is 0. The molecule has 2 aliphatic rings. The van der Waals surface area contributed by atoms with Gasteiger partial charge in [-0.1, -0.05) is 17.7 Å². The van der Waals surface area contributed by atoms with Crippen LogP contribution >= 0.6 is 11.6 Å². The van der Waals surface area contributed by atoms with Gasteiger partial charge in [-0.25, -0.2) is 0 Å². The maximum atomic E-state index is 13.2. The zero-order valence-corrected chi connectivity index (χ0v) is 18.6. The lowest BCUT2D eigenvalue weighted by Gasteiger charge is -2.39. The van der Waals surface area contributed by atoms with Crippen molar-refractivity contribution in [2.45, 2.75) is 12.8 Å². The summed E-state index contributed by atoms with van der Waals surface area (Å²) in [5.74, 6) is 0.841. The first-order valence-corrected chi connectivity index (χ1v) is 11.2. The highest BCUT2D eigenvalue weighted by Gasteiger charge is 2.33. The van der Waals surface area contributed by atoms with E-state index in [0.29, 0.717) is 36.8 Å². The van der Waals surface area contributed by atoms with Gasteiger partial charge in [-0.2, -0.15) is 0 Å². The number of benzene rings is 2. The highest BCUT2D eigenvalue weighted by Crippen LogP contribution is 2.25. The Morgan fingerprint density at radius 3 is 2.42 bits per heavy atom. The van der Waals surface area contributed by atoms with Crippen molar-refractivity contribution in [3.8, 4) is 5.75 Å². The lowest BCUT2D eigenvalue weighted by atomic mass is 9.95. The fourth-order valence-corrected chi connectivity index (χ4v) is 4.51. The number of carbonyl (C=O) groups is 2. The molecule has 0 aromatic heterocycles. The molecule has 0 bridgehead atoms. The van der Waals surface area contributed by atoms with Crippen LogP contribution in [-0.2, 0) is 4.79 Å². The van der Waals surface area contributed by atoms with Gasteiger partial charge in [0.15, 0.2) is 0 Å². The third-order valence-corrected chi connectivity index (χ3v) is 6.41. The number of anilines is 1. The second-order valence-corrected chi connectivity index (χ2v) is 8.55. The van der Waals surface area contributed by atoms with Crippen LogP contribution in [0.5, 0.6) is 5.75 Å². The molecule has 7 heteroatoms. The highest BCUT2D eigenvalue weighted by atomic mass is 35.5.